The molecule has 0 unspecified atom stereocenters. The molecule has 1 aromatic heterocycles. The molecule has 2 saturated heterocycles. The molecule has 1 atom stereocenters. The molecule has 8 heteroatoms. The molecule has 0 bridgehead atoms. The van der Waals surface area contributed by atoms with Crippen molar-refractivity contribution in [1.82, 2.24) is 30.1 Å². The maximum Gasteiger partial charge on any atom is 0.276 e. The van der Waals surface area contributed by atoms with Crippen molar-refractivity contribution in [2.75, 3.05) is 45.8 Å². The molecule has 3 rings (SSSR count). The van der Waals surface area contributed by atoms with Gasteiger partial charge in [-0.2, -0.15) is 0 Å². The van der Waals surface area contributed by atoms with E-state index < -0.39 is 5.60 Å². The van der Waals surface area contributed by atoms with E-state index in [4.69, 9.17) is 0 Å². The summed E-state index contributed by atoms with van der Waals surface area (Å²) in [6.45, 7) is 12.3. The number of nitrogens with one attached hydrogen (secondary N) is 1. The van der Waals surface area contributed by atoms with Gasteiger partial charge in [0, 0.05) is 44.7 Å². The number of aliphatic hydroxyl groups is 1. The first-order chi connectivity index (χ1) is 11.3. The lowest BCUT2D eigenvalue weighted by molar-refractivity contribution is -0.0108. The molecule has 2 N–H and O–H groups in total. The fourth-order valence-electron chi connectivity index (χ4n) is 3.28. The molecule has 1 aromatic rings. The van der Waals surface area contributed by atoms with Crippen molar-refractivity contribution in [2.45, 2.75) is 32.9 Å². The minimum atomic E-state index is -0.888. The van der Waals surface area contributed by atoms with Gasteiger partial charge in [0.1, 0.15) is 0 Å². The van der Waals surface area contributed by atoms with Gasteiger partial charge < -0.3 is 15.3 Å². The van der Waals surface area contributed by atoms with E-state index >= 15 is 0 Å². The summed E-state index contributed by atoms with van der Waals surface area (Å²) < 4.78 is 1.73. The van der Waals surface area contributed by atoms with Crippen molar-refractivity contribution in [2.24, 2.45) is 5.41 Å². The first-order valence-electron chi connectivity index (χ1n) is 8.63. The molecule has 2 aliphatic rings. The van der Waals surface area contributed by atoms with Crippen LogP contribution in [-0.2, 0) is 6.54 Å². The summed E-state index contributed by atoms with van der Waals surface area (Å²) in [6, 6.07) is 0. The zero-order chi connectivity index (χ0) is 17.4. The average molecular weight is 336 g/mol. The van der Waals surface area contributed by atoms with Crippen molar-refractivity contribution >= 4 is 5.91 Å². The monoisotopic (exact) mass is 336 g/mol. The van der Waals surface area contributed by atoms with Gasteiger partial charge in [0.05, 0.1) is 24.9 Å². The minimum absolute atomic E-state index is 0.158. The highest BCUT2D eigenvalue weighted by molar-refractivity contribution is 5.92. The number of nitrogens with zero attached hydrogens (tertiary/aromatic N) is 5. The Kier molecular flexibility index (Phi) is 4.63. The molecular formula is C16H28N6O2. The molecule has 2 fully saturated rings. The van der Waals surface area contributed by atoms with Crippen molar-refractivity contribution < 1.29 is 9.90 Å². The summed E-state index contributed by atoms with van der Waals surface area (Å²) in [6.07, 6.45) is 1.71. The number of carbonyl (C=O) groups is 1. The number of likely N-dealkylation sites (tertiary alicyclic amines) is 1. The average Bonchev–Trinajstić information content (AvgIpc) is 3.08. The topological polar surface area (TPSA) is 86.5 Å². The largest absolute Gasteiger partial charge is 0.388 e. The first kappa shape index (κ1) is 17.3. The second kappa shape index (κ2) is 6.42. The lowest BCUT2D eigenvalue weighted by Crippen LogP contribution is -2.44. The molecule has 134 valence electrons. The van der Waals surface area contributed by atoms with Gasteiger partial charge in [-0.25, -0.2) is 0 Å². The van der Waals surface area contributed by atoms with Crippen LogP contribution >= 0.6 is 0 Å². The molecule has 24 heavy (non-hydrogen) atoms. The van der Waals surface area contributed by atoms with Gasteiger partial charge in [0.2, 0.25) is 0 Å². The zero-order valence-electron chi connectivity index (χ0n) is 14.8. The maximum atomic E-state index is 12.6. The lowest BCUT2D eigenvalue weighted by atomic mass is 9.79. The third kappa shape index (κ3) is 3.45. The Balaban J connectivity index is 1.58. The highest BCUT2D eigenvalue weighted by Crippen LogP contribution is 2.38. The van der Waals surface area contributed by atoms with Crippen molar-refractivity contribution in [3.05, 3.63) is 11.9 Å². The minimum Gasteiger partial charge on any atom is -0.388 e. The molecule has 2 aliphatic heterocycles. The summed E-state index contributed by atoms with van der Waals surface area (Å²) >= 11 is 0. The van der Waals surface area contributed by atoms with Gasteiger partial charge in [0.15, 0.2) is 5.69 Å². The van der Waals surface area contributed by atoms with Crippen LogP contribution in [0.2, 0.25) is 0 Å². The molecule has 0 aromatic carbocycles. The quantitative estimate of drug-likeness (QED) is 0.765. The Morgan fingerprint density at radius 3 is 2.58 bits per heavy atom. The van der Waals surface area contributed by atoms with Crippen LogP contribution in [0.5, 0.6) is 0 Å². The molecule has 1 amide bonds. The summed E-state index contributed by atoms with van der Waals surface area (Å²) in [5, 5.41) is 21.9. The van der Waals surface area contributed by atoms with Gasteiger partial charge in [-0.3, -0.25) is 14.4 Å². The van der Waals surface area contributed by atoms with E-state index in [-0.39, 0.29) is 11.3 Å². The van der Waals surface area contributed by atoms with Crippen LogP contribution in [0.15, 0.2) is 6.20 Å². The Morgan fingerprint density at radius 1 is 1.25 bits per heavy atom. The number of β-amino-alcohol motifs (C(OH)–C–C–N with tert-alkyl or cyclic N) is 1. The predicted octanol–water partition coefficient (Wildman–Crippen LogP) is -0.584. The molecule has 3 heterocycles. The van der Waals surface area contributed by atoms with E-state index in [1.807, 2.05) is 13.8 Å². The number of amides is 1. The Labute approximate surface area is 142 Å². The molecule has 8 nitrogen and oxygen atoms in total. The van der Waals surface area contributed by atoms with Crippen molar-refractivity contribution in [1.29, 1.82) is 0 Å². The fourth-order valence-corrected chi connectivity index (χ4v) is 3.28. The molecule has 0 aliphatic carbocycles. The van der Waals surface area contributed by atoms with E-state index in [0.717, 1.165) is 39.3 Å². The Hall–Kier alpha value is -1.51. The standard InChI is InChI=1S/C16H28N6O2/c1-15(2)11-21(12-16(15,3)24)14(23)13-10-22(19-18-13)9-8-20-6-4-17-5-7-20/h10,17,24H,4-9,11-12H2,1-3H3/t16-/m0/s1. The van der Waals surface area contributed by atoms with Crippen molar-refractivity contribution in [3.63, 3.8) is 0 Å². The molecule has 0 radical (unpaired) electrons. The van der Waals surface area contributed by atoms with Crippen LogP contribution in [0, 0.1) is 5.41 Å². The van der Waals surface area contributed by atoms with E-state index in [9.17, 15) is 9.90 Å². The number of piperazine rings is 1. The third-order valence-electron chi connectivity index (χ3n) is 5.44. The second-order valence-electron chi connectivity index (χ2n) is 7.78. The summed E-state index contributed by atoms with van der Waals surface area (Å²) in [7, 11) is 0. The zero-order valence-corrected chi connectivity index (χ0v) is 14.8. The molecule has 0 saturated carbocycles. The van der Waals surface area contributed by atoms with Crippen LogP contribution in [0.25, 0.3) is 0 Å². The van der Waals surface area contributed by atoms with E-state index in [1.165, 1.54) is 0 Å². The third-order valence-corrected chi connectivity index (χ3v) is 5.44. The SMILES string of the molecule is CC1(C)CN(C(=O)c2cn(CCN3CCNCC3)nn2)C[C@]1(C)O. The van der Waals surface area contributed by atoms with Crippen LogP contribution in [0.3, 0.4) is 0 Å². The van der Waals surface area contributed by atoms with E-state index in [2.05, 4.69) is 20.5 Å². The van der Waals surface area contributed by atoms with Crippen LogP contribution < -0.4 is 5.32 Å². The molecular weight excluding hydrogens is 308 g/mol. The van der Waals surface area contributed by atoms with E-state index in [1.54, 1.807) is 22.7 Å². The summed E-state index contributed by atoms with van der Waals surface area (Å²) in [5.41, 5.74) is -0.870. The highest BCUT2D eigenvalue weighted by Gasteiger charge is 2.49. The number of hydrogen-bond acceptors (Lipinski definition) is 6. The summed E-state index contributed by atoms with van der Waals surface area (Å²) in [5.74, 6) is -0.158. The number of aromatic nitrogens is 3. The summed E-state index contributed by atoms with van der Waals surface area (Å²) in [4.78, 5) is 16.7. The van der Waals surface area contributed by atoms with Crippen LogP contribution in [-0.4, -0.2) is 87.2 Å². The highest BCUT2D eigenvalue weighted by atomic mass is 16.3. The van der Waals surface area contributed by atoms with Gasteiger partial charge >= 0.3 is 0 Å². The second-order valence-corrected chi connectivity index (χ2v) is 7.78. The van der Waals surface area contributed by atoms with Gasteiger partial charge in [0.25, 0.3) is 5.91 Å². The fraction of sp³-hybridized carbons (Fsp3) is 0.812. The molecule has 0 spiro atoms. The lowest BCUT2D eigenvalue weighted by Gasteiger charge is -2.30. The Morgan fingerprint density at radius 2 is 1.96 bits per heavy atom. The number of hydrogen-bond donors (Lipinski definition) is 2. The van der Waals surface area contributed by atoms with Crippen LogP contribution in [0.1, 0.15) is 31.3 Å². The maximum absolute atomic E-state index is 12.6. The number of rotatable bonds is 4. The first-order valence-corrected chi connectivity index (χ1v) is 8.63. The van der Waals surface area contributed by atoms with Crippen molar-refractivity contribution in [3.8, 4) is 0 Å². The van der Waals surface area contributed by atoms with E-state index in [0.29, 0.717) is 18.8 Å². The van der Waals surface area contributed by atoms with Gasteiger partial charge in [-0.15, -0.1) is 5.10 Å². The Bertz CT molecular complexity index is 575. The van der Waals surface area contributed by atoms with Gasteiger partial charge in [-0.05, 0) is 6.92 Å². The normalized spacial score (nSPS) is 27.6. The number of carbonyl (C=O) groups excluding carboxylic acids is 1. The predicted molar refractivity (Wildman–Crippen MR) is 89.6 cm³/mol. The van der Waals surface area contributed by atoms with Gasteiger partial charge in [-0.1, -0.05) is 19.1 Å². The smallest absolute Gasteiger partial charge is 0.276 e. The van der Waals surface area contributed by atoms with Crippen LogP contribution in [0.4, 0.5) is 0 Å².